The van der Waals surface area contributed by atoms with E-state index in [1.165, 1.54) is 0 Å². The van der Waals surface area contributed by atoms with Crippen LogP contribution in [0.25, 0.3) is 0 Å². The van der Waals surface area contributed by atoms with Crippen LogP contribution in [0, 0.1) is 27.6 Å². The van der Waals surface area contributed by atoms with Gasteiger partial charge in [-0.25, -0.2) is 0 Å². The van der Waals surface area contributed by atoms with E-state index in [2.05, 4.69) is 0 Å². The van der Waals surface area contributed by atoms with Crippen molar-refractivity contribution in [3.8, 4) is 0 Å². The predicted octanol–water partition coefficient (Wildman–Crippen LogP) is 3.82. The van der Waals surface area contributed by atoms with Crippen LogP contribution in [-0.2, 0) is 9.59 Å². The average Bonchev–Trinajstić information content (AvgIpc) is 2.24. The zero-order chi connectivity index (χ0) is 16.9. The normalized spacial score (nSPS) is 33.8. The first-order valence-corrected chi connectivity index (χ1v) is 7.39. The molecule has 1 rings (SSSR count). The van der Waals surface area contributed by atoms with Crippen molar-refractivity contribution in [1.82, 2.24) is 0 Å². The van der Waals surface area contributed by atoms with E-state index in [1.54, 1.807) is 19.1 Å². The van der Waals surface area contributed by atoms with Gasteiger partial charge in [0.05, 0.1) is 10.8 Å². The van der Waals surface area contributed by atoms with E-state index in [0.717, 1.165) is 0 Å². The lowest BCUT2D eigenvalue weighted by atomic mass is 9.45. The highest BCUT2D eigenvalue weighted by molar-refractivity contribution is 5.83. The number of hydrogen-bond acceptors (Lipinski definition) is 2. The molecule has 0 bridgehead atoms. The van der Waals surface area contributed by atoms with Crippen LogP contribution in [0.3, 0.4) is 0 Å². The summed E-state index contributed by atoms with van der Waals surface area (Å²) in [6.07, 6.45) is 3.82. The second kappa shape index (κ2) is 4.85. The number of carboxylic acids is 2. The minimum atomic E-state index is -1.20. The molecule has 1 aliphatic carbocycles. The Morgan fingerprint density at radius 3 is 1.76 bits per heavy atom. The molecule has 0 aliphatic heterocycles. The van der Waals surface area contributed by atoms with Gasteiger partial charge >= 0.3 is 11.9 Å². The molecule has 0 amide bonds. The molecule has 3 unspecified atom stereocenters. The molecular weight excluding hydrogens is 268 g/mol. The lowest BCUT2D eigenvalue weighted by Crippen LogP contribution is -2.60. The third kappa shape index (κ3) is 2.19. The molecule has 21 heavy (non-hydrogen) atoms. The smallest absolute Gasteiger partial charge is 0.314 e. The van der Waals surface area contributed by atoms with Crippen molar-refractivity contribution in [3.05, 3.63) is 12.2 Å². The molecule has 0 radical (unpaired) electrons. The fraction of sp³-hybridized carbons (Fsp3) is 0.765. The zero-order valence-electron chi connectivity index (χ0n) is 14.2. The highest BCUT2D eigenvalue weighted by atomic mass is 16.4. The SMILES string of the molecule is CC1C(C(=O)O)(C(C)(C)C)C=CCC1(C(=O)O)C(C)(C)C. The molecule has 2 N–H and O–H groups in total. The van der Waals surface area contributed by atoms with Gasteiger partial charge in [-0.1, -0.05) is 60.6 Å². The highest BCUT2D eigenvalue weighted by Gasteiger charge is 2.64. The summed E-state index contributed by atoms with van der Waals surface area (Å²) in [5.74, 6) is -2.39. The molecule has 4 nitrogen and oxygen atoms in total. The Morgan fingerprint density at radius 2 is 1.48 bits per heavy atom. The molecule has 0 heterocycles. The summed E-state index contributed by atoms with van der Waals surface area (Å²) in [7, 11) is 0. The van der Waals surface area contributed by atoms with E-state index in [-0.39, 0.29) is 0 Å². The first-order chi connectivity index (χ1) is 9.25. The molecule has 0 aromatic rings. The molecule has 3 atom stereocenters. The van der Waals surface area contributed by atoms with Gasteiger partial charge in [0.2, 0.25) is 0 Å². The first-order valence-electron chi connectivity index (χ1n) is 7.39. The Bertz CT molecular complexity index is 478. The van der Waals surface area contributed by atoms with Gasteiger partial charge in [-0.15, -0.1) is 0 Å². The Balaban J connectivity index is 3.70. The van der Waals surface area contributed by atoms with Crippen LogP contribution >= 0.6 is 0 Å². The standard InChI is InChI=1S/C17H28O4/c1-11-16(12(18)19,14(2,3)4)9-8-10-17(11,13(20)21)15(5,6)7/h8-9,11H,10H2,1-7H3,(H,18,19)(H,20,21). The van der Waals surface area contributed by atoms with Crippen LogP contribution in [0.5, 0.6) is 0 Å². The van der Waals surface area contributed by atoms with Gasteiger partial charge in [0.25, 0.3) is 0 Å². The summed E-state index contributed by atoms with van der Waals surface area (Å²) in [5.41, 5.74) is -3.43. The molecule has 120 valence electrons. The van der Waals surface area contributed by atoms with Gasteiger partial charge in [0.1, 0.15) is 0 Å². The minimum Gasteiger partial charge on any atom is -0.481 e. The van der Waals surface area contributed by atoms with Crippen molar-refractivity contribution in [3.63, 3.8) is 0 Å². The number of hydrogen-bond donors (Lipinski definition) is 2. The van der Waals surface area contributed by atoms with Gasteiger partial charge in [-0.3, -0.25) is 9.59 Å². The van der Waals surface area contributed by atoms with Gasteiger partial charge in [-0.05, 0) is 23.2 Å². The molecule has 4 heteroatoms. The van der Waals surface area contributed by atoms with Crippen LogP contribution < -0.4 is 0 Å². The predicted molar refractivity (Wildman–Crippen MR) is 82.0 cm³/mol. The van der Waals surface area contributed by atoms with E-state index >= 15 is 0 Å². The summed E-state index contributed by atoms with van der Waals surface area (Å²) in [5, 5.41) is 19.9. The van der Waals surface area contributed by atoms with Crippen molar-refractivity contribution in [2.45, 2.75) is 54.9 Å². The van der Waals surface area contributed by atoms with Crippen LogP contribution in [0.2, 0.25) is 0 Å². The van der Waals surface area contributed by atoms with Gasteiger partial charge < -0.3 is 10.2 Å². The third-order valence-electron chi connectivity index (χ3n) is 5.56. The molecule has 0 spiro atoms. The number of rotatable bonds is 2. The van der Waals surface area contributed by atoms with Crippen molar-refractivity contribution < 1.29 is 19.8 Å². The van der Waals surface area contributed by atoms with Crippen LogP contribution in [-0.4, -0.2) is 22.2 Å². The zero-order valence-corrected chi connectivity index (χ0v) is 14.2. The maximum atomic E-state index is 12.1. The Kier molecular flexibility index (Phi) is 4.10. The van der Waals surface area contributed by atoms with Crippen molar-refractivity contribution in [2.24, 2.45) is 27.6 Å². The molecule has 0 saturated heterocycles. The van der Waals surface area contributed by atoms with Gasteiger partial charge in [0, 0.05) is 0 Å². The van der Waals surface area contributed by atoms with E-state index in [0.29, 0.717) is 6.42 Å². The van der Waals surface area contributed by atoms with Crippen LogP contribution in [0.1, 0.15) is 54.9 Å². The molecule has 1 aliphatic rings. The molecular formula is C17H28O4. The summed E-state index contributed by atoms with van der Waals surface area (Å²) >= 11 is 0. The fourth-order valence-electron chi connectivity index (χ4n) is 4.17. The fourth-order valence-corrected chi connectivity index (χ4v) is 4.17. The van der Waals surface area contributed by atoms with Gasteiger partial charge in [0.15, 0.2) is 0 Å². The van der Waals surface area contributed by atoms with Crippen molar-refractivity contribution in [1.29, 1.82) is 0 Å². The topological polar surface area (TPSA) is 74.6 Å². The lowest BCUT2D eigenvalue weighted by molar-refractivity contribution is -0.181. The van der Waals surface area contributed by atoms with E-state index in [4.69, 9.17) is 0 Å². The summed E-state index contributed by atoms with van der Waals surface area (Å²) in [6.45, 7) is 13.0. The largest absolute Gasteiger partial charge is 0.481 e. The number of carbonyl (C=O) groups is 2. The van der Waals surface area contributed by atoms with E-state index in [1.807, 2.05) is 41.5 Å². The molecule has 0 aromatic carbocycles. The van der Waals surface area contributed by atoms with E-state index in [9.17, 15) is 19.8 Å². The van der Waals surface area contributed by atoms with E-state index < -0.39 is 39.5 Å². The minimum absolute atomic E-state index is 0.359. The molecule has 0 aromatic heterocycles. The lowest BCUT2D eigenvalue weighted by Gasteiger charge is -2.56. The number of carboxylic acid groups (broad SMARTS) is 2. The average molecular weight is 296 g/mol. The van der Waals surface area contributed by atoms with Crippen LogP contribution in [0.15, 0.2) is 12.2 Å². The van der Waals surface area contributed by atoms with Gasteiger partial charge in [-0.2, -0.15) is 0 Å². The Labute approximate surface area is 127 Å². The maximum absolute atomic E-state index is 12.1. The Hall–Kier alpha value is -1.32. The second-order valence-corrected chi connectivity index (χ2v) is 8.28. The van der Waals surface area contributed by atoms with Crippen molar-refractivity contribution >= 4 is 11.9 Å². The third-order valence-corrected chi connectivity index (χ3v) is 5.56. The van der Waals surface area contributed by atoms with Crippen LogP contribution in [0.4, 0.5) is 0 Å². The summed E-state index contributed by atoms with van der Waals surface area (Å²) in [4.78, 5) is 24.3. The monoisotopic (exact) mass is 296 g/mol. The summed E-state index contributed by atoms with van der Waals surface area (Å²) < 4.78 is 0. The summed E-state index contributed by atoms with van der Waals surface area (Å²) in [6, 6.07) is 0. The van der Waals surface area contributed by atoms with Crippen molar-refractivity contribution in [2.75, 3.05) is 0 Å². The second-order valence-electron chi connectivity index (χ2n) is 8.28. The number of allylic oxidation sites excluding steroid dienone is 1. The molecule has 0 saturated carbocycles. The maximum Gasteiger partial charge on any atom is 0.314 e. The highest BCUT2D eigenvalue weighted by Crippen LogP contribution is 2.61. The molecule has 0 fully saturated rings. The Morgan fingerprint density at radius 1 is 1.00 bits per heavy atom. The quantitative estimate of drug-likeness (QED) is 0.760. The first kappa shape index (κ1) is 17.7. The number of aliphatic carboxylic acids is 2.